The van der Waals surface area contributed by atoms with Crippen molar-refractivity contribution in [2.45, 2.75) is 26.9 Å². The molecule has 0 aliphatic rings. The Hall–Kier alpha value is -2.67. The number of aryl methyl sites for hydroxylation is 1. The number of rotatable bonds is 4. The van der Waals surface area contributed by atoms with Gasteiger partial charge in [-0.2, -0.15) is 0 Å². The molecule has 2 aromatic carbocycles. The van der Waals surface area contributed by atoms with Crippen LogP contribution in [0.3, 0.4) is 0 Å². The maximum Gasteiger partial charge on any atom is 0.279 e. The van der Waals surface area contributed by atoms with Gasteiger partial charge in [-0.1, -0.05) is 24.3 Å². The summed E-state index contributed by atoms with van der Waals surface area (Å²) in [5.74, 6) is -0.989. The van der Waals surface area contributed by atoms with Crippen LogP contribution in [0.1, 0.15) is 18.1 Å². The Morgan fingerprint density at radius 1 is 1.12 bits per heavy atom. The topological polar surface area (TPSA) is 62.4 Å². The number of anilines is 1. The van der Waals surface area contributed by atoms with Gasteiger partial charge in [0, 0.05) is 5.69 Å². The van der Waals surface area contributed by atoms with Crippen molar-refractivity contribution < 1.29 is 13.9 Å². The van der Waals surface area contributed by atoms with Gasteiger partial charge in [0.25, 0.3) is 5.91 Å². The van der Waals surface area contributed by atoms with E-state index >= 15 is 0 Å². The third-order valence-corrected chi connectivity index (χ3v) is 3.87. The zero-order chi connectivity index (χ0) is 18.4. The van der Waals surface area contributed by atoms with E-state index < -0.39 is 17.8 Å². The molecule has 5 nitrogen and oxygen atoms in total. The minimum absolute atomic E-state index is 0.0150. The molecule has 2 rings (SSSR count). The number of hydrogen-bond acceptors (Lipinski definition) is 3. The lowest BCUT2D eigenvalue weighted by Crippen LogP contribution is -2.48. The van der Waals surface area contributed by atoms with E-state index in [9.17, 15) is 9.18 Å². The minimum Gasteiger partial charge on any atom is -0.478 e. The highest BCUT2D eigenvalue weighted by atomic mass is 32.1. The molecule has 0 fully saturated rings. The van der Waals surface area contributed by atoms with E-state index in [1.165, 1.54) is 19.1 Å². The minimum atomic E-state index is -0.895. The molecule has 0 aliphatic heterocycles. The fraction of sp³-hybridized carbons (Fsp3) is 0.222. The van der Waals surface area contributed by atoms with Crippen molar-refractivity contribution in [3.8, 4) is 5.75 Å². The summed E-state index contributed by atoms with van der Waals surface area (Å²) in [5.41, 5.74) is 8.08. The normalized spacial score (nSPS) is 11.4. The van der Waals surface area contributed by atoms with Crippen molar-refractivity contribution in [1.29, 1.82) is 0 Å². The predicted octanol–water partition coefficient (Wildman–Crippen LogP) is 3.23. The number of hydrogen-bond donors (Lipinski definition) is 3. The van der Waals surface area contributed by atoms with Crippen LogP contribution in [0.25, 0.3) is 0 Å². The zero-order valence-electron chi connectivity index (χ0n) is 14.2. The highest BCUT2D eigenvalue weighted by Gasteiger charge is 2.16. The molecule has 0 saturated heterocycles. The molecule has 132 valence electrons. The van der Waals surface area contributed by atoms with E-state index in [2.05, 4.69) is 16.2 Å². The highest BCUT2D eigenvalue weighted by Crippen LogP contribution is 2.18. The van der Waals surface area contributed by atoms with Gasteiger partial charge < -0.3 is 10.1 Å². The Bertz CT molecular complexity index is 783. The molecule has 1 atom stereocenters. The quantitative estimate of drug-likeness (QED) is 0.576. The number of carbonyl (C=O) groups is 1. The lowest BCUT2D eigenvalue weighted by atomic mass is 10.1. The van der Waals surface area contributed by atoms with Crippen molar-refractivity contribution in [1.82, 2.24) is 10.9 Å². The van der Waals surface area contributed by atoms with Gasteiger partial charge in [0.05, 0.1) is 0 Å². The third kappa shape index (κ3) is 5.15. The summed E-state index contributed by atoms with van der Waals surface area (Å²) in [5, 5.41) is 3.25. The second-order valence-electron chi connectivity index (χ2n) is 5.51. The predicted molar refractivity (Wildman–Crippen MR) is 99.9 cm³/mol. The van der Waals surface area contributed by atoms with Crippen LogP contribution >= 0.6 is 12.2 Å². The molecular formula is C18H20FN3O2S. The summed E-state index contributed by atoms with van der Waals surface area (Å²) in [6.07, 6.45) is -0.895. The first-order valence-corrected chi connectivity index (χ1v) is 8.13. The summed E-state index contributed by atoms with van der Waals surface area (Å²) >= 11 is 5.16. The number of benzene rings is 2. The van der Waals surface area contributed by atoms with Gasteiger partial charge in [-0.25, -0.2) is 4.39 Å². The summed E-state index contributed by atoms with van der Waals surface area (Å²) < 4.78 is 18.8. The van der Waals surface area contributed by atoms with E-state index in [0.29, 0.717) is 0 Å². The number of para-hydroxylation sites is 1. The van der Waals surface area contributed by atoms with Gasteiger partial charge in [-0.3, -0.25) is 15.6 Å². The van der Waals surface area contributed by atoms with E-state index in [-0.39, 0.29) is 10.9 Å². The Balaban J connectivity index is 1.85. The van der Waals surface area contributed by atoms with E-state index in [1.807, 2.05) is 32.0 Å². The molecule has 0 radical (unpaired) electrons. The lowest BCUT2D eigenvalue weighted by Gasteiger charge is -2.17. The van der Waals surface area contributed by atoms with Crippen LogP contribution in [-0.4, -0.2) is 17.1 Å². The number of hydrazine groups is 1. The smallest absolute Gasteiger partial charge is 0.279 e. The molecular weight excluding hydrogens is 341 g/mol. The van der Waals surface area contributed by atoms with E-state index in [1.54, 1.807) is 12.1 Å². The molecule has 25 heavy (non-hydrogen) atoms. The molecule has 0 aliphatic carbocycles. The molecule has 0 heterocycles. The van der Waals surface area contributed by atoms with Crippen molar-refractivity contribution in [3.05, 3.63) is 59.4 Å². The molecule has 0 spiro atoms. The number of carbonyl (C=O) groups excluding carboxylic acids is 1. The number of halogens is 1. The Kier molecular flexibility index (Phi) is 6.30. The highest BCUT2D eigenvalue weighted by molar-refractivity contribution is 7.80. The largest absolute Gasteiger partial charge is 0.478 e. The van der Waals surface area contributed by atoms with Crippen LogP contribution in [-0.2, 0) is 4.79 Å². The molecule has 0 saturated carbocycles. The molecule has 0 bridgehead atoms. The Morgan fingerprint density at radius 3 is 2.56 bits per heavy atom. The van der Waals surface area contributed by atoms with E-state index in [0.717, 1.165) is 16.8 Å². The van der Waals surface area contributed by atoms with Gasteiger partial charge >= 0.3 is 0 Å². The number of nitrogens with one attached hydrogen (secondary N) is 3. The molecule has 1 amide bonds. The molecule has 0 unspecified atom stereocenters. The standard InChI is InChI=1S/C18H20FN3O2S/c1-11-7-6-9-15(12(11)2)20-18(25)22-21-17(23)13(3)24-16-10-5-4-8-14(16)19/h4-10,13H,1-3H3,(H,21,23)(H2,20,22,25)/t13-/m1/s1. The Labute approximate surface area is 151 Å². The summed E-state index contributed by atoms with van der Waals surface area (Å²) in [7, 11) is 0. The average molecular weight is 361 g/mol. The van der Waals surface area contributed by atoms with Gasteiger partial charge in [-0.05, 0) is 62.3 Å². The van der Waals surface area contributed by atoms with Crippen LogP contribution < -0.4 is 20.9 Å². The Morgan fingerprint density at radius 2 is 1.84 bits per heavy atom. The third-order valence-electron chi connectivity index (χ3n) is 3.66. The van der Waals surface area contributed by atoms with Gasteiger partial charge in [-0.15, -0.1) is 0 Å². The number of amides is 1. The first kappa shape index (κ1) is 18.7. The summed E-state index contributed by atoms with van der Waals surface area (Å²) in [4.78, 5) is 12.0. The van der Waals surface area contributed by atoms with Crippen molar-refractivity contribution in [2.75, 3.05) is 5.32 Å². The lowest BCUT2D eigenvalue weighted by molar-refractivity contribution is -0.127. The van der Waals surface area contributed by atoms with Gasteiger partial charge in [0.15, 0.2) is 22.8 Å². The van der Waals surface area contributed by atoms with Crippen molar-refractivity contribution in [2.24, 2.45) is 0 Å². The second-order valence-corrected chi connectivity index (χ2v) is 5.91. The van der Waals surface area contributed by atoms with Crippen LogP contribution in [0.2, 0.25) is 0 Å². The van der Waals surface area contributed by atoms with Crippen molar-refractivity contribution >= 4 is 28.9 Å². The monoisotopic (exact) mass is 361 g/mol. The van der Waals surface area contributed by atoms with Crippen LogP contribution in [0.5, 0.6) is 5.75 Å². The number of ether oxygens (including phenoxy) is 1. The summed E-state index contributed by atoms with van der Waals surface area (Å²) in [6.45, 7) is 5.49. The maximum atomic E-state index is 13.5. The number of thiocarbonyl (C=S) groups is 1. The SMILES string of the molecule is Cc1cccc(NC(=S)NNC(=O)[C@@H](C)Oc2ccccc2F)c1C. The van der Waals surface area contributed by atoms with Gasteiger partial charge in [0.2, 0.25) is 0 Å². The van der Waals surface area contributed by atoms with Crippen molar-refractivity contribution in [3.63, 3.8) is 0 Å². The molecule has 3 N–H and O–H groups in total. The molecule has 7 heteroatoms. The summed E-state index contributed by atoms with van der Waals surface area (Å²) in [6, 6.07) is 11.7. The van der Waals surface area contributed by atoms with Crippen LogP contribution in [0.4, 0.5) is 10.1 Å². The fourth-order valence-corrected chi connectivity index (χ4v) is 2.21. The zero-order valence-corrected chi connectivity index (χ0v) is 15.0. The van der Waals surface area contributed by atoms with Gasteiger partial charge in [0.1, 0.15) is 0 Å². The first-order chi connectivity index (χ1) is 11.9. The maximum absolute atomic E-state index is 13.5. The molecule has 2 aromatic rings. The first-order valence-electron chi connectivity index (χ1n) is 7.72. The van der Waals surface area contributed by atoms with Crippen LogP contribution in [0.15, 0.2) is 42.5 Å². The molecule has 0 aromatic heterocycles. The second kappa shape index (κ2) is 8.43. The average Bonchev–Trinajstić information content (AvgIpc) is 2.58. The van der Waals surface area contributed by atoms with E-state index in [4.69, 9.17) is 17.0 Å². The van der Waals surface area contributed by atoms with Crippen LogP contribution in [0, 0.1) is 19.7 Å². The fourth-order valence-electron chi connectivity index (χ4n) is 2.04.